The van der Waals surface area contributed by atoms with Gasteiger partial charge < -0.3 is 40.1 Å². The number of phenols is 1. The Balaban J connectivity index is 0.666. The van der Waals surface area contributed by atoms with Crippen molar-refractivity contribution in [1.82, 2.24) is 25.3 Å². The van der Waals surface area contributed by atoms with Crippen molar-refractivity contribution in [3.05, 3.63) is 83.7 Å². The molecule has 4 N–H and O–H groups in total. The number of halogens is 1. The Morgan fingerprint density at radius 3 is 2.47 bits per heavy atom. The summed E-state index contributed by atoms with van der Waals surface area (Å²) in [6.07, 6.45) is 6.73. The van der Waals surface area contributed by atoms with Gasteiger partial charge in [-0.1, -0.05) is 18.2 Å². The van der Waals surface area contributed by atoms with Crippen molar-refractivity contribution in [1.29, 1.82) is 0 Å². The molecule has 14 nitrogen and oxygen atoms in total. The van der Waals surface area contributed by atoms with Gasteiger partial charge in [-0.05, 0) is 110 Å². The lowest BCUT2D eigenvalue weighted by molar-refractivity contribution is -0.134. The predicted octanol–water partition coefficient (Wildman–Crippen LogP) is 5.62. The summed E-state index contributed by atoms with van der Waals surface area (Å²) >= 11 is 0. The number of nitrogens with zero attached hydrogens (tertiary/aromatic N) is 7. The zero-order valence-corrected chi connectivity index (χ0v) is 36.3. The predicted molar refractivity (Wildman–Crippen MR) is 241 cm³/mol. The SMILES string of the molecule is CN(C(=O)N1CCC(Oc2cc(F)cc(CC34C5C[C@H]3CN(c3cc(-c6ccccc6O)nnc3N)C[C@@H]54)c2)CC1)C1CCN(c2cccc3c2CCN3[C@@H]2CCC(=O)NC2=O)CC1. The van der Waals surface area contributed by atoms with Gasteiger partial charge in [-0.2, -0.15) is 0 Å². The number of carbonyl (C=O) groups is 3. The van der Waals surface area contributed by atoms with Gasteiger partial charge in [0.15, 0.2) is 5.82 Å². The second-order valence-electron chi connectivity index (χ2n) is 19.3. The van der Waals surface area contributed by atoms with Crippen LogP contribution in [-0.4, -0.2) is 114 Å². The van der Waals surface area contributed by atoms with Gasteiger partial charge >= 0.3 is 6.03 Å². The monoisotopic (exact) mass is 869 g/mol. The molecular formula is C49H56FN9O5. The Bertz CT molecular complexity index is 2500. The molecule has 6 fully saturated rings. The first-order chi connectivity index (χ1) is 31.0. The van der Waals surface area contributed by atoms with Gasteiger partial charge in [0.1, 0.15) is 29.5 Å². The van der Waals surface area contributed by atoms with Crippen LogP contribution in [0.1, 0.15) is 56.1 Å². The lowest BCUT2D eigenvalue weighted by Crippen LogP contribution is -2.52. The molecule has 334 valence electrons. The van der Waals surface area contributed by atoms with Crippen molar-refractivity contribution in [3.63, 3.8) is 0 Å². The van der Waals surface area contributed by atoms with E-state index in [4.69, 9.17) is 10.5 Å². The molecule has 2 unspecified atom stereocenters. The van der Waals surface area contributed by atoms with E-state index in [1.807, 2.05) is 41.1 Å². The van der Waals surface area contributed by atoms with E-state index in [1.54, 1.807) is 18.2 Å². The number of urea groups is 1. The minimum Gasteiger partial charge on any atom is -0.507 e. The molecule has 5 aliphatic heterocycles. The van der Waals surface area contributed by atoms with Gasteiger partial charge in [0.2, 0.25) is 11.8 Å². The van der Waals surface area contributed by atoms with Gasteiger partial charge in [-0.15, -0.1) is 10.2 Å². The van der Waals surface area contributed by atoms with Gasteiger partial charge in [-0.25, -0.2) is 9.18 Å². The molecule has 0 spiro atoms. The summed E-state index contributed by atoms with van der Waals surface area (Å²) in [5, 5.41) is 21.5. The summed E-state index contributed by atoms with van der Waals surface area (Å²) in [5.41, 5.74) is 13.1. The third kappa shape index (κ3) is 7.02. The maximum absolute atomic E-state index is 15.2. The van der Waals surface area contributed by atoms with E-state index in [9.17, 15) is 19.5 Å². The van der Waals surface area contributed by atoms with Crippen LogP contribution in [0.15, 0.2) is 66.7 Å². The van der Waals surface area contributed by atoms with Crippen LogP contribution in [-0.2, 0) is 22.4 Å². The molecule has 6 heterocycles. The van der Waals surface area contributed by atoms with Crippen LogP contribution in [0.25, 0.3) is 11.3 Å². The van der Waals surface area contributed by atoms with Crippen LogP contribution in [0, 0.1) is 29.0 Å². The Morgan fingerprint density at radius 1 is 0.891 bits per heavy atom. The molecule has 0 radical (unpaired) electrons. The molecule has 2 saturated carbocycles. The van der Waals surface area contributed by atoms with Gasteiger partial charge in [0.25, 0.3) is 0 Å². The summed E-state index contributed by atoms with van der Waals surface area (Å²) in [6.45, 7) is 5.31. The molecule has 64 heavy (non-hydrogen) atoms. The molecule has 7 aliphatic rings. The number of para-hydroxylation sites is 1. The number of aromatic nitrogens is 2. The highest BCUT2D eigenvalue weighted by atomic mass is 19.1. The van der Waals surface area contributed by atoms with Crippen molar-refractivity contribution in [2.45, 2.75) is 76.0 Å². The average molecular weight is 870 g/mol. The summed E-state index contributed by atoms with van der Waals surface area (Å²) < 4.78 is 21.7. The van der Waals surface area contributed by atoms with Crippen LogP contribution in [0.4, 0.5) is 32.1 Å². The number of piperidine rings is 4. The number of phenolic OH excluding ortho intramolecular Hbond substituents is 1. The van der Waals surface area contributed by atoms with Crippen LogP contribution >= 0.6 is 0 Å². The zero-order valence-electron chi connectivity index (χ0n) is 36.3. The van der Waals surface area contributed by atoms with E-state index in [-0.39, 0.29) is 53.0 Å². The number of hydrogen-bond acceptors (Lipinski definition) is 11. The minimum atomic E-state index is -0.319. The highest BCUT2D eigenvalue weighted by Crippen LogP contribution is 2.78. The number of benzene rings is 3. The van der Waals surface area contributed by atoms with Crippen LogP contribution in [0.5, 0.6) is 11.5 Å². The number of nitrogen functional groups attached to an aromatic ring is 1. The van der Waals surface area contributed by atoms with Crippen molar-refractivity contribution < 1.29 is 28.6 Å². The van der Waals surface area contributed by atoms with E-state index in [0.717, 1.165) is 81.8 Å². The third-order valence-electron chi connectivity index (χ3n) is 16.0. The fraction of sp³-hybridized carbons (Fsp3) is 0.490. The normalized spacial score (nSPS) is 26.5. The fourth-order valence-corrected chi connectivity index (χ4v) is 12.6. The number of likely N-dealkylation sites (tertiary alicyclic amines) is 1. The summed E-state index contributed by atoms with van der Waals surface area (Å²) in [5.74, 6) is 1.94. The number of nitrogens with two attached hydrogens (primary N) is 1. The van der Waals surface area contributed by atoms with Gasteiger partial charge in [0, 0.05) is 107 Å². The lowest BCUT2D eigenvalue weighted by Gasteiger charge is -2.43. The largest absolute Gasteiger partial charge is 0.507 e. The molecule has 2 aliphatic carbocycles. The van der Waals surface area contributed by atoms with Crippen molar-refractivity contribution in [2.75, 3.05) is 73.3 Å². The Kier molecular flexibility index (Phi) is 10.1. The quantitative estimate of drug-likeness (QED) is 0.179. The molecule has 4 amide bonds. The minimum absolute atomic E-state index is 0.0482. The molecule has 0 bridgehead atoms. The maximum Gasteiger partial charge on any atom is 0.319 e. The number of anilines is 4. The third-order valence-corrected chi connectivity index (χ3v) is 16.0. The number of rotatable bonds is 9. The Morgan fingerprint density at radius 2 is 1.69 bits per heavy atom. The van der Waals surface area contributed by atoms with Crippen molar-refractivity contribution in [3.8, 4) is 22.8 Å². The maximum atomic E-state index is 15.2. The Labute approximate surface area is 372 Å². The zero-order chi connectivity index (χ0) is 43.9. The van der Waals surface area contributed by atoms with Crippen molar-refractivity contribution >= 4 is 40.7 Å². The number of ether oxygens (including phenoxy) is 1. The summed E-state index contributed by atoms with van der Waals surface area (Å²) in [7, 11) is 1.93. The van der Waals surface area contributed by atoms with Crippen LogP contribution in [0.3, 0.4) is 0 Å². The summed E-state index contributed by atoms with van der Waals surface area (Å²) in [4.78, 5) is 49.0. The van der Waals surface area contributed by atoms with E-state index >= 15 is 4.39 Å². The fourth-order valence-electron chi connectivity index (χ4n) is 12.6. The van der Waals surface area contributed by atoms with Gasteiger partial charge in [-0.3, -0.25) is 14.9 Å². The highest BCUT2D eigenvalue weighted by Gasteiger charge is 2.76. The molecule has 3 aromatic carbocycles. The number of imide groups is 1. The number of fused-ring (bicyclic) bond motifs is 2. The highest BCUT2D eigenvalue weighted by molar-refractivity contribution is 6.02. The average Bonchev–Trinajstić information content (AvgIpc) is 3.65. The summed E-state index contributed by atoms with van der Waals surface area (Å²) in [6, 6.07) is 20.4. The molecule has 1 aromatic heterocycles. The smallest absolute Gasteiger partial charge is 0.319 e. The number of hydrogen-bond donors (Lipinski definition) is 3. The molecule has 5 atom stereocenters. The first-order valence-electron chi connectivity index (χ1n) is 23.2. The van der Waals surface area contributed by atoms with E-state index in [2.05, 4.69) is 48.4 Å². The first-order valence-corrected chi connectivity index (χ1v) is 23.2. The van der Waals surface area contributed by atoms with E-state index in [1.165, 1.54) is 17.3 Å². The second kappa shape index (κ2) is 15.8. The first kappa shape index (κ1) is 40.6. The number of aromatic hydroxyl groups is 1. The molecule has 4 aromatic rings. The Hall–Kier alpha value is -6.12. The number of nitrogens with one attached hydrogen (secondary N) is 1. The number of carbonyl (C=O) groups excluding carboxylic acids is 3. The molecule has 15 heteroatoms. The molecule has 4 saturated heterocycles. The second-order valence-corrected chi connectivity index (χ2v) is 19.3. The molecular weight excluding hydrogens is 814 g/mol. The van der Waals surface area contributed by atoms with Crippen LogP contribution < -0.4 is 30.5 Å². The van der Waals surface area contributed by atoms with E-state index in [0.29, 0.717) is 79.4 Å². The van der Waals surface area contributed by atoms with E-state index < -0.39 is 0 Å². The van der Waals surface area contributed by atoms with Gasteiger partial charge in [0.05, 0.1) is 11.4 Å². The standard InChI is InChI=1S/C49H56FN9O5/c1-55(32-11-16-56(17-12-32)40-6-4-7-41-36(40)15-20-59(41)42-9-10-45(61)52-47(42)62)48(63)57-18-13-33(14-19-57)64-34-22-29(21-31(50)24-34)26-49-30-23-37(49)38(49)28-58(27-30)43-25-39(53-54-46(43)51)35-5-2-3-8-44(35)60/h2-8,21-22,24-25,30,32-33,37-38,42,60H,9-20,23,26-28H2,1H3,(H2,51,54)(H,52,61,62)/t30-,37?,38-,42+,49?/m0/s1. The van der Waals surface area contributed by atoms with Crippen molar-refractivity contribution in [2.24, 2.45) is 23.2 Å². The number of amides is 4. The van der Waals surface area contributed by atoms with Crippen LogP contribution in [0.2, 0.25) is 0 Å². The molecule has 11 rings (SSSR count). The topological polar surface area (TPSA) is 161 Å². The lowest BCUT2D eigenvalue weighted by atomic mass is 9.68.